The van der Waals surface area contributed by atoms with Gasteiger partial charge in [-0.15, -0.1) is 0 Å². The van der Waals surface area contributed by atoms with Crippen molar-refractivity contribution >= 4 is 5.91 Å². The maximum absolute atomic E-state index is 13.1. The lowest BCUT2D eigenvalue weighted by molar-refractivity contribution is -0.0372. The summed E-state index contributed by atoms with van der Waals surface area (Å²) in [4.78, 5) is 14.9. The molecule has 1 saturated heterocycles. The summed E-state index contributed by atoms with van der Waals surface area (Å²) in [6.07, 6.45) is -0.241. The van der Waals surface area contributed by atoms with Crippen molar-refractivity contribution in [3.63, 3.8) is 0 Å². The summed E-state index contributed by atoms with van der Waals surface area (Å²) >= 11 is 0. The van der Waals surface area contributed by atoms with E-state index in [1.54, 1.807) is 6.07 Å². The Bertz CT molecular complexity index is 776. The van der Waals surface area contributed by atoms with Crippen LogP contribution in [0.2, 0.25) is 0 Å². The Morgan fingerprint density at radius 2 is 1.52 bits per heavy atom. The van der Waals surface area contributed by atoms with Crippen LogP contribution in [-0.2, 0) is 6.61 Å². The van der Waals surface area contributed by atoms with Gasteiger partial charge in [-0.3, -0.25) is 4.79 Å². The highest BCUT2D eigenvalue weighted by Crippen LogP contribution is 2.37. The van der Waals surface area contributed by atoms with Gasteiger partial charge >= 0.3 is 0 Å². The third kappa shape index (κ3) is 3.84. The van der Waals surface area contributed by atoms with Gasteiger partial charge in [0.15, 0.2) is 0 Å². The normalized spacial score (nSPS) is 27.3. The lowest BCUT2D eigenvalue weighted by Gasteiger charge is -2.31. The summed E-state index contributed by atoms with van der Waals surface area (Å²) in [6.45, 7) is 1.66. The van der Waals surface area contributed by atoms with Crippen LogP contribution < -0.4 is 4.74 Å². The van der Waals surface area contributed by atoms with E-state index in [9.17, 15) is 15.0 Å². The number of carbonyl (C=O) groups is 1. The Morgan fingerprint density at radius 1 is 0.926 bits per heavy atom. The molecule has 2 aromatic rings. The fraction of sp³-hybridized carbons (Fsp3) is 0.409. The van der Waals surface area contributed by atoms with Crippen LogP contribution in [0.1, 0.15) is 28.8 Å². The molecule has 4 atom stereocenters. The Kier molecular flexibility index (Phi) is 5.14. The molecule has 1 heterocycles. The molecule has 1 aliphatic heterocycles. The molecule has 27 heavy (non-hydrogen) atoms. The second-order valence-electron chi connectivity index (χ2n) is 7.61. The Labute approximate surface area is 159 Å². The first kappa shape index (κ1) is 18.0. The van der Waals surface area contributed by atoms with E-state index >= 15 is 0 Å². The van der Waals surface area contributed by atoms with Gasteiger partial charge in [0.1, 0.15) is 12.4 Å². The van der Waals surface area contributed by atoms with Crippen LogP contribution in [0.4, 0.5) is 0 Å². The summed E-state index contributed by atoms with van der Waals surface area (Å²) in [6, 6.07) is 17.2. The molecule has 2 aliphatic rings. The molecule has 5 heteroatoms. The zero-order valence-corrected chi connectivity index (χ0v) is 15.2. The van der Waals surface area contributed by atoms with Gasteiger partial charge in [-0.2, -0.15) is 0 Å². The number of amides is 1. The van der Waals surface area contributed by atoms with E-state index in [2.05, 4.69) is 0 Å². The van der Waals surface area contributed by atoms with Crippen LogP contribution in [0, 0.1) is 11.8 Å². The molecule has 4 rings (SSSR count). The van der Waals surface area contributed by atoms with Crippen LogP contribution in [0.3, 0.4) is 0 Å². The van der Waals surface area contributed by atoms with Gasteiger partial charge in [-0.1, -0.05) is 42.5 Å². The van der Waals surface area contributed by atoms with Crippen molar-refractivity contribution in [3.05, 3.63) is 65.7 Å². The van der Waals surface area contributed by atoms with Crippen molar-refractivity contribution in [2.24, 2.45) is 11.8 Å². The first-order valence-electron chi connectivity index (χ1n) is 9.53. The molecule has 0 bridgehead atoms. The van der Waals surface area contributed by atoms with Crippen LogP contribution >= 0.6 is 0 Å². The summed E-state index contributed by atoms with van der Waals surface area (Å²) in [5, 5.41) is 19.8. The summed E-state index contributed by atoms with van der Waals surface area (Å²) < 4.78 is 5.93. The van der Waals surface area contributed by atoms with E-state index in [0.717, 1.165) is 5.56 Å². The predicted octanol–water partition coefficient (Wildman–Crippen LogP) is 2.47. The highest BCUT2D eigenvalue weighted by atomic mass is 16.5. The van der Waals surface area contributed by atoms with Gasteiger partial charge < -0.3 is 19.8 Å². The molecule has 2 aromatic carbocycles. The van der Waals surface area contributed by atoms with Gasteiger partial charge in [0.2, 0.25) is 0 Å². The first-order chi connectivity index (χ1) is 13.1. The van der Waals surface area contributed by atoms with E-state index < -0.39 is 12.2 Å². The monoisotopic (exact) mass is 367 g/mol. The molecule has 1 saturated carbocycles. The van der Waals surface area contributed by atoms with Gasteiger partial charge in [0.05, 0.1) is 17.8 Å². The number of benzene rings is 2. The minimum atomic E-state index is -0.678. The predicted molar refractivity (Wildman–Crippen MR) is 101 cm³/mol. The van der Waals surface area contributed by atoms with Crippen LogP contribution in [0.25, 0.3) is 0 Å². The topological polar surface area (TPSA) is 70.0 Å². The SMILES string of the molecule is O=C(c1ccccc1OCc1ccccc1)N1C[C@H]2C[C@@H](O)[C@H](O)C[C@H]2C1. The highest BCUT2D eigenvalue weighted by molar-refractivity contribution is 5.97. The van der Waals surface area contributed by atoms with E-state index in [1.165, 1.54) is 0 Å². The number of rotatable bonds is 4. The van der Waals surface area contributed by atoms with E-state index in [4.69, 9.17) is 4.74 Å². The molecule has 0 aromatic heterocycles. The zero-order chi connectivity index (χ0) is 18.8. The van der Waals surface area contributed by atoms with Gasteiger partial charge in [-0.05, 0) is 42.4 Å². The standard InChI is InChI=1S/C22H25NO4/c24-19-10-16-12-23(13-17(16)11-20(19)25)22(26)18-8-4-5-9-21(18)27-14-15-6-2-1-3-7-15/h1-9,16-17,19-20,24-25H,10-14H2/t16-,17+,19-,20-/m1/s1. The number of likely N-dealkylation sites (tertiary alicyclic amines) is 1. The average molecular weight is 367 g/mol. The molecule has 1 aliphatic carbocycles. The molecule has 2 N–H and O–H groups in total. The van der Waals surface area contributed by atoms with Gasteiger partial charge in [0.25, 0.3) is 5.91 Å². The smallest absolute Gasteiger partial charge is 0.257 e. The molecule has 0 unspecified atom stereocenters. The fourth-order valence-electron chi connectivity index (χ4n) is 4.25. The quantitative estimate of drug-likeness (QED) is 0.871. The van der Waals surface area contributed by atoms with Crippen molar-refractivity contribution in [1.82, 2.24) is 4.90 Å². The molecule has 2 fully saturated rings. The Balaban J connectivity index is 1.46. The number of aliphatic hydroxyl groups is 2. The zero-order valence-electron chi connectivity index (χ0n) is 15.2. The number of para-hydroxylation sites is 1. The summed E-state index contributed by atoms with van der Waals surface area (Å²) in [5.74, 6) is 1.05. The average Bonchev–Trinajstić information content (AvgIpc) is 3.10. The lowest BCUT2D eigenvalue weighted by Crippen LogP contribution is -2.38. The Hall–Kier alpha value is -2.37. The van der Waals surface area contributed by atoms with Gasteiger partial charge in [0, 0.05) is 13.1 Å². The van der Waals surface area contributed by atoms with Crippen LogP contribution in [-0.4, -0.2) is 46.3 Å². The van der Waals surface area contributed by atoms with Gasteiger partial charge in [-0.25, -0.2) is 0 Å². The van der Waals surface area contributed by atoms with E-state index in [-0.39, 0.29) is 17.7 Å². The van der Waals surface area contributed by atoms with Crippen molar-refractivity contribution in [2.45, 2.75) is 31.7 Å². The second-order valence-corrected chi connectivity index (χ2v) is 7.61. The van der Waals surface area contributed by atoms with Crippen molar-refractivity contribution in [3.8, 4) is 5.75 Å². The van der Waals surface area contributed by atoms with Crippen molar-refractivity contribution < 1.29 is 19.7 Å². The number of aliphatic hydroxyl groups excluding tert-OH is 2. The first-order valence-corrected chi connectivity index (χ1v) is 9.53. The fourth-order valence-corrected chi connectivity index (χ4v) is 4.25. The second kappa shape index (κ2) is 7.71. The minimum Gasteiger partial charge on any atom is -0.488 e. The maximum atomic E-state index is 13.1. The number of hydrogen-bond donors (Lipinski definition) is 2. The lowest BCUT2D eigenvalue weighted by atomic mass is 9.79. The van der Waals surface area contributed by atoms with Crippen LogP contribution in [0.5, 0.6) is 5.75 Å². The molecule has 0 radical (unpaired) electrons. The number of ether oxygens (including phenoxy) is 1. The van der Waals surface area contributed by atoms with Crippen LogP contribution in [0.15, 0.2) is 54.6 Å². The molecular weight excluding hydrogens is 342 g/mol. The number of carbonyl (C=O) groups excluding carboxylic acids is 1. The largest absolute Gasteiger partial charge is 0.488 e. The van der Waals surface area contributed by atoms with Crippen molar-refractivity contribution in [1.29, 1.82) is 0 Å². The molecule has 1 amide bonds. The number of fused-ring (bicyclic) bond motifs is 1. The number of hydrogen-bond acceptors (Lipinski definition) is 4. The van der Waals surface area contributed by atoms with Crippen molar-refractivity contribution in [2.75, 3.05) is 13.1 Å². The summed E-state index contributed by atoms with van der Waals surface area (Å²) in [5.41, 5.74) is 1.61. The third-order valence-corrected chi connectivity index (χ3v) is 5.75. The molecular formula is C22H25NO4. The van der Waals surface area contributed by atoms with E-state index in [1.807, 2.05) is 53.4 Å². The highest BCUT2D eigenvalue weighted by Gasteiger charge is 2.42. The third-order valence-electron chi connectivity index (χ3n) is 5.75. The number of nitrogens with zero attached hydrogens (tertiary/aromatic N) is 1. The summed E-state index contributed by atoms with van der Waals surface area (Å²) in [7, 11) is 0. The minimum absolute atomic E-state index is 0.0444. The Morgan fingerprint density at radius 3 is 2.19 bits per heavy atom. The molecule has 142 valence electrons. The molecule has 0 spiro atoms. The maximum Gasteiger partial charge on any atom is 0.257 e. The molecule has 5 nitrogen and oxygen atoms in total. The van der Waals surface area contributed by atoms with E-state index in [0.29, 0.717) is 43.9 Å².